The summed E-state index contributed by atoms with van der Waals surface area (Å²) in [6.07, 6.45) is 1.57. The molecule has 0 amide bonds. The normalized spacial score (nSPS) is 13.2. The van der Waals surface area contributed by atoms with Crippen LogP contribution in [0.15, 0.2) is 33.5 Å². The van der Waals surface area contributed by atoms with Crippen molar-refractivity contribution in [3.8, 4) is 28.4 Å². The monoisotopic (exact) mass is 410 g/mol. The van der Waals surface area contributed by atoms with Crippen LogP contribution in [0.4, 0.5) is 0 Å². The summed E-state index contributed by atoms with van der Waals surface area (Å²) < 4.78 is 17.5. The lowest BCUT2D eigenvalue weighted by atomic mass is 9.97. The summed E-state index contributed by atoms with van der Waals surface area (Å²) in [5, 5.41) is 11.4. The lowest BCUT2D eigenvalue weighted by molar-refractivity contribution is -0.872. The highest BCUT2D eigenvalue weighted by molar-refractivity contribution is 5.88. The van der Waals surface area contributed by atoms with E-state index in [-0.39, 0.29) is 11.2 Å². The average Bonchev–Trinajstić information content (AvgIpc) is 2.72. The first kappa shape index (κ1) is 20.3. The summed E-state index contributed by atoms with van der Waals surface area (Å²) in [6, 6.07) is 7.30. The Hall–Kier alpha value is -2.99. The first-order chi connectivity index (χ1) is 14.4. The third-order valence-electron chi connectivity index (χ3n) is 5.39. The third kappa shape index (κ3) is 3.52. The summed E-state index contributed by atoms with van der Waals surface area (Å²) in [5.41, 5.74) is 3.08. The minimum absolute atomic E-state index is 0.0993. The van der Waals surface area contributed by atoms with Crippen molar-refractivity contribution in [2.45, 2.75) is 33.2 Å². The van der Waals surface area contributed by atoms with Crippen molar-refractivity contribution in [1.82, 2.24) is 0 Å². The Labute approximate surface area is 175 Å². The van der Waals surface area contributed by atoms with Gasteiger partial charge in [-0.25, -0.2) is 0 Å². The molecule has 6 nitrogen and oxygen atoms in total. The van der Waals surface area contributed by atoms with E-state index in [4.69, 9.17) is 13.9 Å². The van der Waals surface area contributed by atoms with Crippen LogP contribution in [0.25, 0.3) is 22.1 Å². The molecule has 6 heteroatoms. The molecule has 0 atom stereocenters. The fraction of sp³-hybridized carbons (Fsp3) is 0.375. The van der Waals surface area contributed by atoms with Crippen LogP contribution in [0.3, 0.4) is 0 Å². The molecule has 0 saturated heterocycles. The summed E-state index contributed by atoms with van der Waals surface area (Å²) in [7, 11) is 4.01. The van der Waals surface area contributed by atoms with Gasteiger partial charge in [0.05, 0.1) is 30.6 Å². The summed E-state index contributed by atoms with van der Waals surface area (Å²) in [6.45, 7) is 5.40. The number of rotatable bonds is 5. The molecule has 0 saturated carbocycles. The molecule has 0 aliphatic carbocycles. The molecule has 2 heterocycles. The fourth-order valence-electron chi connectivity index (χ4n) is 4.07. The maximum absolute atomic E-state index is 13.6. The lowest BCUT2D eigenvalue weighted by Crippen LogP contribution is -3.04. The predicted octanol–water partition coefficient (Wildman–Crippen LogP) is 2.84. The SMILES string of the molecule is CCCc1cc2c(=O)c(-c3ccc4c(c3)OCCO4)c(C)oc2c(C[NH+](C)C)c1O. The first-order valence-corrected chi connectivity index (χ1v) is 10.4. The number of fused-ring (bicyclic) bond motifs is 2. The molecule has 3 aromatic rings. The topological polar surface area (TPSA) is 73.3 Å². The maximum atomic E-state index is 13.6. The van der Waals surface area contributed by atoms with Crippen molar-refractivity contribution in [3.05, 3.63) is 51.4 Å². The molecule has 0 unspecified atom stereocenters. The number of phenolic OH excluding ortho intramolecular Hbond substituents is 1. The summed E-state index contributed by atoms with van der Waals surface area (Å²) in [5.74, 6) is 2.06. The Kier molecular flexibility index (Phi) is 5.43. The second kappa shape index (κ2) is 8.03. The van der Waals surface area contributed by atoms with Crippen molar-refractivity contribution in [3.63, 3.8) is 0 Å². The molecule has 1 aromatic heterocycles. The maximum Gasteiger partial charge on any atom is 0.200 e. The van der Waals surface area contributed by atoms with Gasteiger partial charge in [-0.3, -0.25) is 4.79 Å². The van der Waals surface area contributed by atoms with Crippen molar-refractivity contribution in [2.75, 3.05) is 27.3 Å². The number of nitrogens with one attached hydrogen (secondary N) is 1. The molecule has 30 heavy (non-hydrogen) atoms. The van der Waals surface area contributed by atoms with Crippen LogP contribution in [0.1, 0.15) is 30.2 Å². The number of quaternary nitrogens is 1. The third-order valence-corrected chi connectivity index (χ3v) is 5.39. The number of phenols is 1. The van der Waals surface area contributed by atoms with Crippen LogP contribution < -0.4 is 19.8 Å². The zero-order valence-corrected chi connectivity index (χ0v) is 17.9. The van der Waals surface area contributed by atoms with E-state index in [1.54, 1.807) is 13.0 Å². The average molecular weight is 410 g/mol. The Balaban J connectivity index is 1.97. The molecule has 0 bridgehead atoms. The smallest absolute Gasteiger partial charge is 0.200 e. The molecule has 1 aliphatic rings. The minimum atomic E-state index is -0.0993. The molecule has 158 valence electrons. The summed E-state index contributed by atoms with van der Waals surface area (Å²) >= 11 is 0. The van der Waals surface area contributed by atoms with Crippen molar-refractivity contribution >= 4 is 11.0 Å². The van der Waals surface area contributed by atoms with Gasteiger partial charge in [-0.05, 0) is 42.7 Å². The standard InChI is InChI=1S/C24H27NO5/c1-5-6-16-11-17-23(27)21(15-7-8-19-20(12-15)29-10-9-28-19)14(2)30-24(17)18(22(16)26)13-25(3)4/h7-8,11-12,26H,5-6,9-10,13H2,1-4H3/p+1. The van der Waals surface area contributed by atoms with Crippen molar-refractivity contribution in [1.29, 1.82) is 0 Å². The van der Waals surface area contributed by atoms with Gasteiger partial charge >= 0.3 is 0 Å². The van der Waals surface area contributed by atoms with Crippen LogP contribution in [-0.2, 0) is 13.0 Å². The highest BCUT2D eigenvalue weighted by Gasteiger charge is 2.23. The largest absolute Gasteiger partial charge is 0.507 e. The molecule has 0 radical (unpaired) electrons. The van der Waals surface area contributed by atoms with E-state index in [9.17, 15) is 9.90 Å². The van der Waals surface area contributed by atoms with E-state index in [0.717, 1.165) is 22.4 Å². The molecule has 2 N–H and O–H groups in total. The second-order valence-electron chi connectivity index (χ2n) is 8.09. The van der Waals surface area contributed by atoms with Crippen LogP contribution in [0.5, 0.6) is 17.2 Å². The number of aryl methyl sites for hydroxylation is 2. The fourth-order valence-corrected chi connectivity index (χ4v) is 4.07. The predicted molar refractivity (Wildman–Crippen MR) is 116 cm³/mol. The van der Waals surface area contributed by atoms with Gasteiger partial charge in [-0.2, -0.15) is 0 Å². The number of hydrogen-bond acceptors (Lipinski definition) is 5. The van der Waals surface area contributed by atoms with Crippen LogP contribution in [-0.4, -0.2) is 32.4 Å². The number of benzene rings is 2. The van der Waals surface area contributed by atoms with E-state index < -0.39 is 0 Å². The zero-order chi connectivity index (χ0) is 21.4. The number of aromatic hydroxyl groups is 1. The van der Waals surface area contributed by atoms with Gasteiger partial charge < -0.3 is 23.9 Å². The van der Waals surface area contributed by atoms with Gasteiger partial charge in [-0.1, -0.05) is 19.4 Å². The van der Waals surface area contributed by atoms with Crippen LogP contribution in [0, 0.1) is 6.92 Å². The quantitative estimate of drug-likeness (QED) is 0.677. The Morgan fingerprint density at radius 2 is 1.83 bits per heavy atom. The first-order valence-electron chi connectivity index (χ1n) is 10.4. The Bertz CT molecular complexity index is 1160. The highest BCUT2D eigenvalue weighted by Crippen LogP contribution is 2.37. The molecular weight excluding hydrogens is 382 g/mol. The molecule has 2 aromatic carbocycles. The van der Waals surface area contributed by atoms with E-state index in [0.29, 0.717) is 65.5 Å². The number of ether oxygens (including phenoxy) is 2. The van der Waals surface area contributed by atoms with Gasteiger partial charge in [-0.15, -0.1) is 0 Å². The zero-order valence-electron chi connectivity index (χ0n) is 17.9. The van der Waals surface area contributed by atoms with E-state index in [2.05, 4.69) is 6.92 Å². The lowest BCUT2D eigenvalue weighted by Gasteiger charge is -2.19. The van der Waals surface area contributed by atoms with E-state index in [1.807, 2.05) is 32.3 Å². The minimum Gasteiger partial charge on any atom is -0.507 e. The van der Waals surface area contributed by atoms with Gasteiger partial charge in [0.1, 0.15) is 31.3 Å². The Morgan fingerprint density at radius 1 is 1.10 bits per heavy atom. The van der Waals surface area contributed by atoms with Crippen LogP contribution in [0.2, 0.25) is 0 Å². The summed E-state index contributed by atoms with van der Waals surface area (Å²) in [4.78, 5) is 14.7. The van der Waals surface area contributed by atoms with Gasteiger partial charge in [0, 0.05) is 0 Å². The Morgan fingerprint density at radius 3 is 2.53 bits per heavy atom. The molecule has 1 aliphatic heterocycles. The van der Waals surface area contributed by atoms with Gasteiger partial charge in [0.2, 0.25) is 5.43 Å². The van der Waals surface area contributed by atoms with Gasteiger partial charge in [0.15, 0.2) is 17.1 Å². The second-order valence-corrected chi connectivity index (χ2v) is 8.09. The van der Waals surface area contributed by atoms with Crippen LogP contribution >= 0.6 is 0 Å². The number of hydrogen-bond donors (Lipinski definition) is 2. The van der Waals surface area contributed by atoms with Crippen molar-refractivity contribution in [2.24, 2.45) is 0 Å². The molecule has 0 spiro atoms. The van der Waals surface area contributed by atoms with E-state index in [1.165, 1.54) is 0 Å². The highest BCUT2D eigenvalue weighted by atomic mass is 16.6. The van der Waals surface area contributed by atoms with Gasteiger partial charge in [0.25, 0.3) is 0 Å². The molecule has 4 rings (SSSR count). The van der Waals surface area contributed by atoms with Crippen molar-refractivity contribution < 1.29 is 23.9 Å². The molecular formula is C24H28NO5+. The van der Waals surface area contributed by atoms with E-state index >= 15 is 0 Å². The molecule has 0 fully saturated rings.